The first-order valence-electron chi connectivity index (χ1n) is 13.3. The van der Waals surface area contributed by atoms with E-state index in [9.17, 15) is 5.26 Å². The minimum Gasteiger partial charge on any atom is -0.384 e. The molecule has 0 radical (unpaired) electrons. The monoisotopic (exact) mass is 417 g/mol. The number of methoxy groups -OCH3 is 1. The van der Waals surface area contributed by atoms with Crippen molar-refractivity contribution in [3.05, 3.63) is 0 Å². The lowest BCUT2D eigenvalue weighted by atomic mass is 9.45. The molecule has 0 saturated heterocycles. The van der Waals surface area contributed by atoms with E-state index in [0.29, 0.717) is 16.7 Å². The van der Waals surface area contributed by atoms with Crippen LogP contribution in [0.15, 0.2) is 0 Å². The van der Waals surface area contributed by atoms with Crippen LogP contribution in [0, 0.1) is 63.6 Å². The molecule has 0 heterocycles. The fourth-order valence-corrected chi connectivity index (χ4v) is 8.75. The zero-order valence-electron chi connectivity index (χ0n) is 21.5. The summed E-state index contributed by atoms with van der Waals surface area (Å²) in [6, 6.07) is 2.59. The van der Waals surface area contributed by atoms with E-state index in [4.69, 9.17) is 4.74 Å². The first-order valence-corrected chi connectivity index (χ1v) is 13.3. The molecule has 30 heavy (non-hydrogen) atoms. The Hall–Kier alpha value is -0.550. The third-order valence-corrected chi connectivity index (χ3v) is 9.88. The Labute approximate surface area is 188 Å². The molecular weight excluding hydrogens is 366 g/mol. The highest BCUT2D eigenvalue weighted by atomic mass is 16.5. The number of ether oxygens (including phenoxy) is 1. The predicted molar refractivity (Wildman–Crippen MR) is 128 cm³/mol. The van der Waals surface area contributed by atoms with E-state index in [-0.39, 0.29) is 5.92 Å². The standard InChI is InChI=1S/C24H39NO.2C2H6/c1-16(14-25)20-7-8-22-19-9-11-23(2)13-17(15-26-4)5-6-21(23)18(19)10-12-24(20,22)3;2*1-2/h16-22H,5-13,15H2,1-4H3;2*1-2H3. The Morgan fingerprint density at radius 3 is 2.13 bits per heavy atom. The van der Waals surface area contributed by atoms with Gasteiger partial charge in [-0.1, -0.05) is 41.5 Å². The lowest BCUT2D eigenvalue weighted by Crippen LogP contribution is -2.52. The van der Waals surface area contributed by atoms with Gasteiger partial charge in [0.25, 0.3) is 0 Å². The summed E-state index contributed by atoms with van der Waals surface area (Å²) in [5.74, 6) is 5.42. The third kappa shape index (κ3) is 4.48. The molecule has 9 unspecified atom stereocenters. The minimum absolute atomic E-state index is 0.236. The maximum atomic E-state index is 9.53. The molecular formula is C28H51NO. The Morgan fingerprint density at radius 1 is 0.900 bits per heavy atom. The van der Waals surface area contributed by atoms with E-state index in [2.05, 4.69) is 26.8 Å². The molecule has 4 saturated carbocycles. The molecule has 4 fully saturated rings. The maximum Gasteiger partial charge on any atom is 0.0656 e. The van der Waals surface area contributed by atoms with Crippen LogP contribution in [0.1, 0.15) is 106 Å². The predicted octanol–water partition coefficient (Wildman–Crippen LogP) is 8.12. The minimum atomic E-state index is 0.236. The average molecular weight is 418 g/mol. The van der Waals surface area contributed by atoms with Gasteiger partial charge in [0.05, 0.1) is 6.07 Å². The summed E-state index contributed by atoms with van der Waals surface area (Å²) in [7, 11) is 1.87. The van der Waals surface area contributed by atoms with Crippen LogP contribution in [0.25, 0.3) is 0 Å². The fraction of sp³-hybridized carbons (Fsp3) is 0.964. The molecule has 4 aliphatic rings. The van der Waals surface area contributed by atoms with E-state index in [0.717, 1.165) is 36.2 Å². The second-order valence-electron chi connectivity index (χ2n) is 11.0. The molecule has 2 nitrogen and oxygen atoms in total. The van der Waals surface area contributed by atoms with Gasteiger partial charge in [0.15, 0.2) is 0 Å². The van der Waals surface area contributed by atoms with Crippen LogP contribution < -0.4 is 0 Å². The van der Waals surface area contributed by atoms with Gasteiger partial charge in [-0.2, -0.15) is 5.26 Å². The highest BCUT2D eigenvalue weighted by molar-refractivity contribution is 5.10. The van der Waals surface area contributed by atoms with E-state index >= 15 is 0 Å². The largest absolute Gasteiger partial charge is 0.384 e. The third-order valence-electron chi connectivity index (χ3n) is 9.88. The van der Waals surface area contributed by atoms with Gasteiger partial charge in [-0.15, -0.1) is 0 Å². The second-order valence-corrected chi connectivity index (χ2v) is 11.0. The molecule has 4 rings (SSSR count). The van der Waals surface area contributed by atoms with Gasteiger partial charge in [0.2, 0.25) is 0 Å². The van der Waals surface area contributed by atoms with Crippen molar-refractivity contribution in [2.45, 2.75) is 106 Å². The number of nitriles is 1. The summed E-state index contributed by atoms with van der Waals surface area (Å²) in [5, 5.41) is 9.53. The summed E-state index contributed by atoms with van der Waals surface area (Å²) in [6.45, 7) is 16.3. The van der Waals surface area contributed by atoms with Gasteiger partial charge < -0.3 is 4.74 Å². The van der Waals surface area contributed by atoms with Crippen molar-refractivity contribution in [3.8, 4) is 6.07 Å². The van der Waals surface area contributed by atoms with E-state index in [1.807, 2.05) is 34.8 Å². The first kappa shape index (κ1) is 25.7. The summed E-state index contributed by atoms with van der Waals surface area (Å²) in [4.78, 5) is 0. The van der Waals surface area contributed by atoms with Crippen LogP contribution >= 0.6 is 0 Å². The molecule has 0 aromatic heterocycles. The van der Waals surface area contributed by atoms with E-state index < -0.39 is 0 Å². The Balaban J connectivity index is 0.000000757. The normalized spacial score (nSPS) is 45.2. The number of hydrogen-bond acceptors (Lipinski definition) is 2. The first-order chi connectivity index (χ1) is 14.4. The van der Waals surface area contributed by atoms with Crippen LogP contribution in [0.5, 0.6) is 0 Å². The average Bonchev–Trinajstić information content (AvgIpc) is 3.12. The molecule has 0 aliphatic heterocycles. The SMILES string of the molecule is CC.CC.COCC1CCC2C3CCC4(C)C(C(C)C#N)CCC4C3CCC2(C)C1. The maximum absolute atomic E-state index is 9.53. The number of hydrogen-bond donors (Lipinski definition) is 0. The van der Waals surface area contributed by atoms with Gasteiger partial charge in [-0.3, -0.25) is 0 Å². The van der Waals surface area contributed by atoms with Crippen molar-refractivity contribution in [1.29, 1.82) is 5.26 Å². The molecule has 174 valence electrons. The van der Waals surface area contributed by atoms with Crippen molar-refractivity contribution < 1.29 is 4.74 Å². The number of rotatable bonds is 3. The summed E-state index contributed by atoms with van der Waals surface area (Å²) in [5.41, 5.74) is 1.01. The number of fused-ring (bicyclic) bond motifs is 5. The van der Waals surface area contributed by atoms with Gasteiger partial charge in [0.1, 0.15) is 0 Å². The summed E-state index contributed by atoms with van der Waals surface area (Å²) >= 11 is 0. The van der Waals surface area contributed by atoms with Crippen LogP contribution in [0.2, 0.25) is 0 Å². The molecule has 0 bridgehead atoms. The Kier molecular flexibility index (Phi) is 9.30. The van der Waals surface area contributed by atoms with E-state index in [1.54, 1.807) is 0 Å². The van der Waals surface area contributed by atoms with Crippen LogP contribution in [0.4, 0.5) is 0 Å². The molecule has 9 atom stereocenters. The molecule has 0 amide bonds. The lowest BCUT2D eigenvalue weighted by Gasteiger charge is -2.60. The van der Waals surface area contributed by atoms with Crippen molar-refractivity contribution >= 4 is 0 Å². The Morgan fingerprint density at radius 2 is 1.50 bits per heavy atom. The highest BCUT2D eigenvalue weighted by Gasteiger charge is 2.59. The second kappa shape index (κ2) is 10.8. The zero-order valence-corrected chi connectivity index (χ0v) is 21.5. The summed E-state index contributed by atoms with van der Waals surface area (Å²) in [6.07, 6.45) is 12.6. The van der Waals surface area contributed by atoms with Gasteiger partial charge in [-0.05, 0) is 111 Å². The zero-order chi connectivity index (χ0) is 22.5. The van der Waals surface area contributed by atoms with Crippen molar-refractivity contribution in [2.75, 3.05) is 13.7 Å². The Bertz CT molecular complexity index is 567. The lowest BCUT2D eigenvalue weighted by molar-refractivity contribution is -0.110. The fourth-order valence-electron chi connectivity index (χ4n) is 8.75. The summed E-state index contributed by atoms with van der Waals surface area (Å²) < 4.78 is 5.50. The molecule has 0 spiro atoms. The van der Waals surface area contributed by atoms with Crippen molar-refractivity contribution in [3.63, 3.8) is 0 Å². The van der Waals surface area contributed by atoms with E-state index in [1.165, 1.54) is 57.8 Å². The van der Waals surface area contributed by atoms with Crippen molar-refractivity contribution in [2.24, 2.45) is 52.3 Å². The smallest absolute Gasteiger partial charge is 0.0656 e. The quantitative estimate of drug-likeness (QED) is 0.464. The topological polar surface area (TPSA) is 33.0 Å². The molecule has 2 heteroatoms. The highest BCUT2D eigenvalue weighted by Crippen LogP contribution is 2.67. The molecule has 0 aromatic carbocycles. The van der Waals surface area contributed by atoms with Crippen LogP contribution in [-0.2, 0) is 4.74 Å². The van der Waals surface area contributed by atoms with Gasteiger partial charge in [-0.25, -0.2) is 0 Å². The van der Waals surface area contributed by atoms with Crippen LogP contribution in [0.3, 0.4) is 0 Å². The molecule has 0 aromatic rings. The van der Waals surface area contributed by atoms with Gasteiger partial charge in [0, 0.05) is 19.6 Å². The van der Waals surface area contributed by atoms with Gasteiger partial charge >= 0.3 is 0 Å². The van der Waals surface area contributed by atoms with Crippen molar-refractivity contribution in [1.82, 2.24) is 0 Å². The van der Waals surface area contributed by atoms with Crippen LogP contribution in [-0.4, -0.2) is 13.7 Å². The molecule has 4 aliphatic carbocycles. The molecule has 0 N–H and O–H groups in total. The number of nitrogens with zero attached hydrogens (tertiary/aromatic N) is 1.